The van der Waals surface area contributed by atoms with E-state index in [1.165, 1.54) is 6.07 Å². The molecule has 0 aliphatic carbocycles. The molecule has 0 spiro atoms. The maximum absolute atomic E-state index is 11.7. The van der Waals surface area contributed by atoms with E-state index in [4.69, 9.17) is 34.0 Å². The number of carboxylic acids is 1. The zero-order valence-electron chi connectivity index (χ0n) is 10.3. The van der Waals surface area contributed by atoms with E-state index in [0.717, 1.165) is 0 Å². The fraction of sp³-hybridized carbons (Fsp3) is 0.182. The molecule has 3 amide bonds. The summed E-state index contributed by atoms with van der Waals surface area (Å²) >= 11 is 15.0. The third kappa shape index (κ3) is 5.07. The van der Waals surface area contributed by atoms with Crippen LogP contribution >= 0.6 is 39.1 Å². The summed E-state index contributed by atoms with van der Waals surface area (Å²) in [6.45, 7) is 0. The van der Waals surface area contributed by atoms with Crippen LogP contribution in [0.3, 0.4) is 0 Å². The molecule has 0 aromatic heterocycles. The van der Waals surface area contributed by atoms with Crippen molar-refractivity contribution in [2.45, 2.75) is 12.5 Å². The van der Waals surface area contributed by atoms with Gasteiger partial charge in [-0.25, -0.2) is 9.59 Å². The third-order valence-corrected chi connectivity index (χ3v) is 4.06. The number of rotatable bonds is 5. The third-order valence-electron chi connectivity index (χ3n) is 2.29. The van der Waals surface area contributed by atoms with Crippen LogP contribution in [0.1, 0.15) is 6.42 Å². The summed E-state index contributed by atoms with van der Waals surface area (Å²) < 4.78 is 0.539. The molecule has 1 atom stereocenters. The second kappa shape index (κ2) is 7.48. The zero-order chi connectivity index (χ0) is 16.2. The second-order valence-electron chi connectivity index (χ2n) is 3.88. The lowest BCUT2D eigenvalue weighted by atomic mass is 10.2. The highest BCUT2D eigenvalue weighted by atomic mass is 79.9. The van der Waals surface area contributed by atoms with Crippen LogP contribution in [0.2, 0.25) is 10.0 Å². The van der Waals surface area contributed by atoms with Crippen LogP contribution in [0.5, 0.6) is 0 Å². The van der Waals surface area contributed by atoms with Gasteiger partial charge in [0.15, 0.2) is 0 Å². The molecule has 5 N–H and O–H groups in total. The lowest BCUT2D eigenvalue weighted by Gasteiger charge is -2.14. The first-order valence-electron chi connectivity index (χ1n) is 5.44. The van der Waals surface area contributed by atoms with Gasteiger partial charge in [0.2, 0.25) is 5.91 Å². The van der Waals surface area contributed by atoms with Gasteiger partial charge in [-0.15, -0.1) is 0 Å². The highest BCUT2D eigenvalue weighted by Gasteiger charge is 2.22. The van der Waals surface area contributed by atoms with Gasteiger partial charge in [-0.05, 0) is 28.1 Å². The lowest BCUT2D eigenvalue weighted by Crippen LogP contribution is -2.45. The summed E-state index contributed by atoms with van der Waals surface area (Å²) in [7, 11) is 0. The Morgan fingerprint density at radius 2 is 1.90 bits per heavy atom. The molecule has 1 aromatic rings. The quantitative estimate of drug-likeness (QED) is 0.568. The molecular formula is C11H10BrCl2N3O4. The molecule has 7 nitrogen and oxygen atoms in total. The summed E-state index contributed by atoms with van der Waals surface area (Å²) in [6.07, 6.45) is -0.530. The van der Waals surface area contributed by atoms with Crippen LogP contribution in [0.25, 0.3) is 0 Å². The van der Waals surface area contributed by atoms with Gasteiger partial charge < -0.3 is 21.5 Å². The van der Waals surface area contributed by atoms with E-state index in [0.29, 0.717) is 4.47 Å². The van der Waals surface area contributed by atoms with Gasteiger partial charge >= 0.3 is 12.0 Å². The minimum atomic E-state index is -1.44. The summed E-state index contributed by atoms with van der Waals surface area (Å²) in [4.78, 5) is 33.3. The first-order chi connectivity index (χ1) is 9.72. The number of nitrogens with one attached hydrogen (secondary N) is 2. The number of hydrogen-bond donors (Lipinski definition) is 4. The van der Waals surface area contributed by atoms with Crippen LogP contribution in [0, 0.1) is 0 Å². The molecule has 0 aliphatic heterocycles. The lowest BCUT2D eigenvalue weighted by molar-refractivity contribution is -0.140. The molecule has 21 heavy (non-hydrogen) atoms. The van der Waals surface area contributed by atoms with E-state index in [1.807, 2.05) is 0 Å². The number of benzene rings is 1. The smallest absolute Gasteiger partial charge is 0.326 e. The minimum absolute atomic E-state index is 0.0861. The van der Waals surface area contributed by atoms with Gasteiger partial charge in [-0.3, -0.25) is 4.79 Å². The fourth-order valence-corrected chi connectivity index (χ4v) is 2.16. The first kappa shape index (κ1) is 17.5. The van der Waals surface area contributed by atoms with E-state index < -0.39 is 30.4 Å². The average molecular weight is 399 g/mol. The number of urea groups is 1. The Balaban J connectivity index is 2.79. The number of hydrogen-bond acceptors (Lipinski definition) is 3. The molecule has 0 saturated heterocycles. The fourth-order valence-electron chi connectivity index (χ4n) is 1.34. The minimum Gasteiger partial charge on any atom is -0.480 e. The SMILES string of the molecule is NC(=O)C[C@H](NC(=O)Nc1ccc(Br)c(Cl)c1Cl)C(=O)O. The number of anilines is 1. The van der Waals surface area contributed by atoms with Gasteiger partial charge in [-0.2, -0.15) is 0 Å². The molecule has 10 heteroatoms. The number of nitrogens with two attached hydrogens (primary N) is 1. The number of halogens is 3. The van der Waals surface area contributed by atoms with Crippen molar-refractivity contribution in [3.63, 3.8) is 0 Å². The molecule has 0 aliphatic rings. The Labute approximate surface area is 137 Å². The predicted molar refractivity (Wildman–Crippen MR) is 81.6 cm³/mol. The molecule has 0 unspecified atom stereocenters. The van der Waals surface area contributed by atoms with Crippen molar-refractivity contribution in [3.05, 3.63) is 26.7 Å². The molecule has 0 fully saturated rings. The number of carbonyl (C=O) groups excluding carboxylic acids is 2. The maximum atomic E-state index is 11.7. The summed E-state index contributed by atoms with van der Waals surface area (Å²) in [6, 6.07) is 0.736. The molecule has 0 saturated carbocycles. The van der Waals surface area contributed by atoms with E-state index in [1.54, 1.807) is 6.07 Å². The monoisotopic (exact) mass is 397 g/mol. The van der Waals surface area contributed by atoms with Gasteiger partial charge in [0.25, 0.3) is 0 Å². The Morgan fingerprint density at radius 3 is 2.43 bits per heavy atom. The summed E-state index contributed by atoms with van der Waals surface area (Å²) in [5.41, 5.74) is 5.09. The van der Waals surface area contributed by atoms with E-state index in [-0.39, 0.29) is 15.7 Å². The van der Waals surface area contributed by atoms with Crippen molar-refractivity contribution in [1.82, 2.24) is 5.32 Å². The Hall–Kier alpha value is -1.51. The van der Waals surface area contributed by atoms with E-state index >= 15 is 0 Å². The normalized spacial score (nSPS) is 11.6. The van der Waals surface area contributed by atoms with E-state index in [2.05, 4.69) is 26.6 Å². The first-order valence-corrected chi connectivity index (χ1v) is 6.99. The Kier molecular flexibility index (Phi) is 6.25. The zero-order valence-corrected chi connectivity index (χ0v) is 13.4. The van der Waals surface area contributed by atoms with Crippen molar-refractivity contribution >= 4 is 62.7 Å². The highest BCUT2D eigenvalue weighted by Crippen LogP contribution is 2.35. The standard InChI is InChI=1S/C11H10BrCl2N3O4/c12-4-1-2-5(9(14)8(4)13)16-11(21)17-6(10(19)20)3-7(15)18/h1-2,6H,3H2,(H2,15,18)(H,19,20)(H2,16,17,21)/t6-/m0/s1. The van der Waals surface area contributed by atoms with E-state index in [9.17, 15) is 14.4 Å². The number of carbonyl (C=O) groups is 3. The number of aliphatic carboxylic acids is 1. The van der Waals surface area contributed by atoms with Crippen molar-refractivity contribution in [2.24, 2.45) is 5.73 Å². The summed E-state index contributed by atoms with van der Waals surface area (Å²) in [5, 5.41) is 13.6. The average Bonchev–Trinajstić information content (AvgIpc) is 2.38. The molecule has 0 heterocycles. The van der Waals surface area contributed by atoms with Crippen molar-refractivity contribution in [2.75, 3.05) is 5.32 Å². The molecule has 1 rings (SSSR count). The maximum Gasteiger partial charge on any atom is 0.326 e. The largest absolute Gasteiger partial charge is 0.480 e. The van der Waals surface area contributed by atoms with Gasteiger partial charge in [0.1, 0.15) is 6.04 Å². The van der Waals surface area contributed by atoms with Crippen LogP contribution in [0.15, 0.2) is 16.6 Å². The van der Waals surface area contributed by atoms with Crippen LogP contribution in [-0.4, -0.2) is 29.1 Å². The topological polar surface area (TPSA) is 122 Å². The number of amides is 3. The van der Waals surface area contributed by atoms with Crippen LogP contribution in [-0.2, 0) is 9.59 Å². The molecule has 0 radical (unpaired) electrons. The van der Waals surface area contributed by atoms with Crippen molar-refractivity contribution in [3.8, 4) is 0 Å². The second-order valence-corrected chi connectivity index (χ2v) is 5.49. The number of carboxylic acid groups (broad SMARTS) is 1. The highest BCUT2D eigenvalue weighted by molar-refractivity contribution is 9.10. The molecule has 114 valence electrons. The van der Waals surface area contributed by atoms with Crippen molar-refractivity contribution < 1.29 is 19.5 Å². The molecule has 0 bridgehead atoms. The van der Waals surface area contributed by atoms with Crippen LogP contribution in [0.4, 0.5) is 10.5 Å². The molecular weight excluding hydrogens is 389 g/mol. The Morgan fingerprint density at radius 1 is 1.29 bits per heavy atom. The molecule has 1 aromatic carbocycles. The van der Waals surface area contributed by atoms with Gasteiger partial charge in [0.05, 0.1) is 22.2 Å². The van der Waals surface area contributed by atoms with Gasteiger partial charge in [-0.1, -0.05) is 23.2 Å². The van der Waals surface area contributed by atoms with Crippen molar-refractivity contribution in [1.29, 1.82) is 0 Å². The van der Waals surface area contributed by atoms with Gasteiger partial charge in [0, 0.05) is 4.47 Å². The van der Waals surface area contributed by atoms with Crippen LogP contribution < -0.4 is 16.4 Å². The number of primary amides is 1. The Bertz CT molecular complexity index is 597. The predicted octanol–water partition coefficient (Wildman–Crippen LogP) is 2.21. The summed E-state index contributed by atoms with van der Waals surface area (Å²) in [5.74, 6) is -2.24.